The van der Waals surface area contributed by atoms with Crippen molar-refractivity contribution >= 4 is 11.3 Å². The summed E-state index contributed by atoms with van der Waals surface area (Å²) in [6.45, 7) is 8.34. The van der Waals surface area contributed by atoms with Gasteiger partial charge in [0.25, 0.3) is 0 Å². The van der Waals surface area contributed by atoms with Gasteiger partial charge in [0.15, 0.2) is 0 Å². The van der Waals surface area contributed by atoms with Gasteiger partial charge in [-0.1, -0.05) is 37.6 Å². The summed E-state index contributed by atoms with van der Waals surface area (Å²) in [7, 11) is 0. The molecule has 2 nitrogen and oxygen atoms in total. The summed E-state index contributed by atoms with van der Waals surface area (Å²) in [4.78, 5) is 5.22. The first-order chi connectivity index (χ1) is 10.4. The zero-order valence-electron chi connectivity index (χ0n) is 13.4. The quantitative estimate of drug-likeness (QED) is 0.800. The third-order valence-electron chi connectivity index (χ3n) is 4.83. The molecule has 0 atom stereocenters. The Labute approximate surface area is 129 Å². The summed E-state index contributed by atoms with van der Waals surface area (Å²) >= 11 is 0. The second-order valence-electron chi connectivity index (χ2n) is 6.32. The van der Waals surface area contributed by atoms with Crippen LogP contribution in [-0.4, -0.2) is 37.6 Å². The van der Waals surface area contributed by atoms with Crippen molar-refractivity contribution < 1.29 is 0 Å². The fourth-order valence-corrected chi connectivity index (χ4v) is 3.53. The van der Waals surface area contributed by atoms with Crippen LogP contribution >= 0.6 is 0 Å². The van der Waals surface area contributed by atoms with E-state index in [-0.39, 0.29) is 0 Å². The number of anilines is 1. The molecule has 0 radical (unpaired) electrons. The van der Waals surface area contributed by atoms with Crippen molar-refractivity contribution in [2.24, 2.45) is 0 Å². The minimum atomic E-state index is 1.17. The van der Waals surface area contributed by atoms with Gasteiger partial charge in [-0.3, -0.25) is 4.90 Å². The Hall–Kier alpha value is -1.28. The van der Waals surface area contributed by atoms with Crippen molar-refractivity contribution in [3.63, 3.8) is 0 Å². The Bertz CT molecular complexity index is 484. The molecule has 1 aromatic rings. The van der Waals surface area contributed by atoms with Gasteiger partial charge >= 0.3 is 0 Å². The molecule has 0 aromatic heterocycles. The smallest absolute Gasteiger partial charge is 0.0443 e. The molecular weight excluding hydrogens is 256 g/mol. The Morgan fingerprint density at radius 1 is 1.05 bits per heavy atom. The summed E-state index contributed by atoms with van der Waals surface area (Å²) in [6.07, 6.45) is 8.92. The minimum Gasteiger partial charge on any atom is -0.368 e. The average Bonchev–Trinajstić information content (AvgIpc) is 3.08. The van der Waals surface area contributed by atoms with E-state index in [1.807, 2.05) is 0 Å². The molecule has 2 aliphatic rings. The molecule has 0 amide bonds. The molecule has 114 valence electrons. The van der Waals surface area contributed by atoms with E-state index in [0.29, 0.717) is 0 Å². The summed E-state index contributed by atoms with van der Waals surface area (Å²) in [6, 6.07) is 9.01. The van der Waals surface area contributed by atoms with Crippen molar-refractivity contribution in [3.05, 3.63) is 35.9 Å². The van der Waals surface area contributed by atoms with Crippen molar-refractivity contribution in [2.75, 3.05) is 37.6 Å². The van der Waals surface area contributed by atoms with E-state index in [0.717, 1.165) is 0 Å². The van der Waals surface area contributed by atoms with Crippen LogP contribution in [0.3, 0.4) is 0 Å². The van der Waals surface area contributed by atoms with Crippen LogP contribution in [0.1, 0.15) is 44.6 Å². The third kappa shape index (κ3) is 3.49. The van der Waals surface area contributed by atoms with E-state index in [2.05, 4.69) is 47.1 Å². The van der Waals surface area contributed by atoms with E-state index in [9.17, 15) is 0 Å². The molecule has 0 bridgehead atoms. The summed E-state index contributed by atoms with van der Waals surface area (Å²) in [5, 5.41) is 0. The van der Waals surface area contributed by atoms with Gasteiger partial charge in [0.2, 0.25) is 0 Å². The lowest BCUT2D eigenvalue weighted by Gasteiger charge is -2.37. The number of para-hydroxylation sites is 1. The fourth-order valence-electron chi connectivity index (χ4n) is 3.53. The van der Waals surface area contributed by atoms with E-state index in [4.69, 9.17) is 0 Å². The van der Waals surface area contributed by atoms with Crippen LogP contribution in [0.25, 0.3) is 5.57 Å². The average molecular weight is 284 g/mol. The van der Waals surface area contributed by atoms with Gasteiger partial charge in [-0.05, 0) is 43.9 Å². The Morgan fingerprint density at radius 3 is 2.57 bits per heavy atom. The molecule has 1 aliphatic carbocycles. The van der Waals surface area contributed by atoms with Gasteiger partial charge in [0.1, 0.15) is 0 Å². The number of rotatable bonds is 5. The first kappa shape index (κ1) is 14.6. The number of hydrogen-bond donors (Lipinski definition) is 0. The van der Waals surface area contributed by atoms with Gasteiger partial charge in [-0.2, -0.15) is 0 Å². The second kappa shape index (κ2) is 7.13. The number of benzene rings is 1. The lowest BCUT2D eigenvalue weighted by atomic mass is 10.0. The lowest BCUT2D eigenvalue weighted by Crippen LogP contribution is -2.46. The highest BCUT2D eigenvalue weighted by Crippen LogP contribution is 2.34. The minimum absolute atomic E-state index is 1.17. The maximum Gasteiger partial charge on any atom is 0.0443 e. The van der Waals surface area contributed by atoms with E-state index < -0.39 is 0 Å². The van der Waals surface area contributed by atoms with Gasteiger partial charge in [-0.25, -0.2) is 0 Å². The zero-order valence-corrected chi connectivity index (χ0v) is 13.4. The highest BCUT2D eigenvalue weighted by atomic mass is 15.3. The van der Waals surface area contributed by atoms with Crippen molar-refractivity contribution in [1.82, 2.24) is 4.90 Å². The predicted molar refractivity (Wildman–Crippen MR) is 91.8 cm³/mol. The maximum absolute atomic E-state index is 2.62. The monoisotopic (exact) mass is 284 g/mol. The van der Waals surface area contributed by atoms with Gasteiger partial charge < -0.3 is 4.90 Å². The molecule has 3 rings (SSSR count). The third-order valence-corrected chi connectivity index (χ3v) is 4.83. The molecular formula is C19H28N2. The molecule has 0 saturated carbocycles. The van der Waals surface area contributed by atoms with E-state index in [1.165, 1.54) is 76.1 Å². The van der Waals surface area contributed by atoms with Crippen LogP contribution in [0.5, 0.6) is 0 Å². The molecule has 1 fully saturated rings. The van der Waals surface area contributed by atoms with E-state index >= 15 is 0 Å². The van der Waals surface area contributed by atoms with Gasteiger partial charge in [0, 0.05) is 37.4 Å². The molecule has 1 saturated heterocycles. The Balaban J connectivity index is 1.68. The van der Waals surface area contributed by atoms with Crippen molar-refractivity contribution in [3.8, 4) is 0 Å². The van der Waals surface area contributed by atoms with Crippen LogP contribution in [0.15, 0.2) is 30.3 Å². The SMILES string of the molecule is CCCCN1CCN(c2ccccc2C2=CCCC2)CC1. The number of unbranched alkanes of at least 4 members (excludes halogenated alkanes) is 1. The zero-order chi connectivity index (χ0) is 14.5. The number of piperazine rings is 1. The standard InChI is InChI=1S/C19H28N2/c1-2-3-12-20-13-15-21(16-14-20)19-11-7-6-10-18(19)17-8-4-5-9-17/h6-8,10-11H,2-5,9,12-16H2,1H3. The summed E-state index contributed by atoms with van der Waals surface area (Å²) in [5.74, 6) is 0. The van der Waals surface area contributed by atoms with Crippen molar-refractivity contribution in [1.29, 1.82) is 0 Å². The highest BCUT2D eigenvalue weighted by Gasteiger charge is 2.20. The van der Waals surface area contributed by atoms with Gasteiger partial charge in [-0.15, -0.1) is 0 Å². The fraction of sp³-hybridized carbons (Fsp3) is 0.579. The summed E-state index contributed by atoms with van der Waals surface area (Å²) in [5.41, 5.74) is 4.51. The molecule has 0 unspecified atom stereocenters. The number of hydrogen-bond acceptors (Lipinski definition) is 2. The topological polar surface area (TPSA) is 6.48 Å². The highest BCUT2D eigenvalue weighted by molar-refractivity contribution is 5.78. The first-order valence-electron chi connectivity index (χ1n) is 8.64. The van der Waals surface area contributed by atoms with Crippen LogP contribution in [0.4, 0.5) is 5.69 Å². The Kier molecular flexibility index (Phi) is 4.97. The van der Waals surface area contributed by atoms with Crippen LogP contribution in [0.2, 0.25) is 0 Å². The number of nitrogens with zero attached hydrogens (tertiary/aromatic N) is 2. The second-order valence-corrected chi connectivity index (χ2v) is 6.32. The van der Waals surface area contributed by atoms with E-state index in [1.54, 1.807) is 5.57 Å². The molecule has 21 heavy (non-hydrogen) atoms. The number of allylic oxidation sites excluding steroid dienone is 2. The first-order valence-corrected chi connectivity index (χ1v) is 8.64. The molecule has 2 heteroatoms. The molecule has 1 aromatic carbocycles. The molecule has 1 heterocycles. The predicted octanol–water partition coefficient (Wildman–Crippen LogP) is 4.18. The van der Waals surface area contributed by atoms with Crippen LogP contribution < -0.4 is 4.90 Å². The van der Waals surface area contributed by atoms with Gasteiger partial charge in [0.05, 0.1) is 0 Å². The molecule has 1 aliphatic heterocycles. The summed E-state index contributed by atoms with van der Waals surface area (Å²) < 4.78 is 0. The van der Waals surface area contributed by atoms with Crippen molar-refractivity contribution in [2.45, 2.75) is 39.0 Å². The lowest BCUT2D eigenvalue weighted by molar-refractivity contribution is 0.254. The molecule has 0 N–H and O–H groups in total. The largest absolute Gasteiger partial charge is 0.368 e. The Morgan fingerprint density at radius 2 is 1.86 bits per heavy atom. The van der Waals surface area contributed by atoms with Crippen LogP contribution in [0, 0.1) is 0 Å². The molecule has 0 spiro atoms. The maximum atomic E-state index is 2.62. The normalized spacial score (nSPS) is 19.9. The van der Waals surface area contributed by atoms with Crippen LogP contribution in [-0.2, 0) is 0 Å².